The molecule has 0 spiro atoms. The first-order valence-electron chi connectivity index (χ1n) is 4.54. The number of aromatic amines is 1. The van der Waals surface area contributed by atoms with E-state index in [1.165, 1.54) is 0 Å². The molecule has 1 aromatic rings. The summed E-state index contributed by atoms with van der Waals surface area (Å²) in [7, 11) is 0. The van der Waals surface area contributed by atoms with Crippen LogP contribution in [0.3, 0.4) is 0 Å². The first-order valence-corrected chi connectivity index (χ1v) is 4.54. The Kier molecular flexibility index (Phi) is 2.55. The van der Waals surface area contributed by atoms with Crippen molar-refractivity contribution in [2.24, 2.45) is 0 Å². The predicted octanol–water partition coefficient (Wildman–Crippen LogP) is 1.63. The van der Waals surface area contributed by atoms with Gasteiger partial charge in [-0.15, -0.1) is 0 Å². The Bertz CT molecular complexity index is 347. The molecule has 72 valence electrons. The summed E-state index contributed by atoms with van der Waals surface area (Å²) >= 11 is 0. The van der Waals surface area contributed by atoms with Crippen LogP contribution in [0.25, 0.3) is 0 Å². The maximum Gasteiger partial charge on any atom is 0.267 e. The van der Waals surface area contributed by atoms with Gasteiger partial charge in [-0.2, -0.15) is 5.10 Å². The lowest BCUT2D eigenvalue weighted by Gasteiger charge is -2.17. The molecule has 0 saturated heterocycles. The molecule has 1 heterocycles. The van der Waals surface area contributed by atoms with Crippen molar-refractivity contribution >= 4 is 0 Å². The molecule has 13 heavy (non-hydrogen) atoms. The van der Waals surface area contributed by atoms with Crippen molar-refractivity contribution in [3.05, 3.63) is 27.7 Å². The summed E-state index contributed by atoms with van der Waals surface area (Å²) in [5.41, 5.74) is 1.55. The van der Waals surface area contributed by atoms with E-state index in [2.05, 4.69) is 10.2 Å². The van der Waals surface area contributed by atoms with E-state index >= 15 is 0 Å². The summed E-state index contributed by atoms with van der Waals surface area (Å²) in [5.74, 6) is 0. The lowest BCUT2D eigenvalue weighted by molar-refractivity contribution is 0.575. The molecule has 0 saturated carbocycles. The first-order chi connectivity index (χ1) is 5.95. The van der Waals surface area contributed by atoms with Gasteiger partial charge < -0.3 is 0 Å². The summed E-state index contributed by atoms with van der Waals surface area (Å²) in [4.78, 5) is 11.4. The Hall–Kier alpha value is -1.12. The molecular weight excluding hydrogens is 164 g/mol. The number of aryl methyl sites for hydroxylation is 1. The van der Waals surface area contributed by atoms with Crippen LogP contribution < -0.4 is 5.56 Å². The first kappa shape index (κ1) is 9.96. The Morgan fingerprint density at radius 3 is 2.54 bits per heavy atom. The van der Waals surface area contributed by atoms with Gasteiger partial charge in [-0.05, 0) is 17.9 Å². The highest BCUT2D eigenvalue weighted by Gasteiger charge is 2.18. The molecule has 0 aromatic carbocycles. The maximum absolute atomic E-state index is 11.4. The van der Waals surface area contributed by atoms with Crippen molar-refractivity contribution in [3.8, 4) is 0 Å². The van der Waals surface area contributed by atoms with E-state index in [0.29, 0.717) is 0 Å². The molecular formula is C10H16N2O. The van der Waals surface area contributed by atoms with E-state index in [0.717, 1.165) is 17.7 Å². The molecule has 0 aliphatic carbocycles. The van der Waals surface area contributed by atoms with Gasteiger partial charge in [-0.1, -0.05) is 27.7 Å². The lowest BCUT2D eigenvalue weighted by atomic mass is 9.88. The van der Waals surface area contributed by atoms with Crippen LogP contribution in [0.2, 0.25) is 0 Å². The fourth-order valence-corrected chi connectivity index (χ4v) is 1.19. The topological polar surface area (TPSA) is 45.8 Å². The van der Waals surface area contributed by atoms with E-state index < -0.39 is 0 Å². The number of rotatable bonds is 1. The highest BCUT2D eigenvalue weighted by molar-refractivity contribution is 5.20. The SMILES string of the molecule is CCc1cc(C(C)(C)C)c(=O)[nH]n1. The Morgan fingerprint density at radius 1 is 1.46 bits per heavy atom. The van der Waals surface area contributed by atoms with Gasteiger partial charge in [0.1, 0.15) is 0 Å². The summed E-state index contributed by atoms with van der Waals surface area (Å²) in [6, 6.07) is 1.89. The predicted molar refractivity (Wildman–Crippen MR) is 52.9 cm³/mol. The molecule has 0 radical (unpaired) electrons. The molecule has 0 aliphatic rings. The molecule has 3 nitrogen and oxygen atoms in total. The van der Waals surface area contributed by atoms with Crippen molar-refractivity contribution in [1.82, 2.24) is 10.2 Å². The van der Waals surface area contributed by atoms with Gasteiger partial charge >= 0.3 is 0 Å². The number of hydrogen-bond acceptors (Lipinski definition) is 2. The minimum atomic E-state index is -0.111. The molecule has 0 fully saturated rings. The molecule has 0 aliphatic heterocycles. The van der Waals surface area contributed by atoms with E-state index in [1.807, 2.05) is 33.8 Å². The highest BCUT2D eigenvalue weighted by Crippen LogP contribution is 2.18. The fraction of sp³-hybridized carbons (Fsp3) is 0.600. The van der Waals surface area contributed by atoms with Gasteiger partial charge in [-0.3, -0.25) is 4.79 Å². The third kappa shape index (κ3) is 2.17. The van der Waals surface area contributed by atoms with Crippen molar-refractivity contribution in [2.45, 2.75) is 39.5 Å². The fourth-order valence-electron chi connectivity index (χ4n) is 1.19. The van der Waals surface area contributed by atoms with Crippen LogP contribution in [0.1, 0.15) is 39.0 Å². The van der Waals surface area contributed by atoms with Crippen molar-refractivity contribution in [2.75, 3.05) is 0 Å². The van der Waals surface area contributed by atoms with Crippen LogP contribution in [0.5, 0.6) is 0 Å². The molecule has 0 amide bonds. The maximum atomic E-state index is 11.4. The molecule has 0 atom stereocenters. The second-order valence-electron chi connectivity index (χ2n) is 4.21. The second-order valence-corrected chi connectivity index (χ2v) is 4.21. The number of H-pyrrole nitrogens is 1. The largest absolute Gasteiger partial charge is 0.268 e. The van der Waals surface area contributed by atoms with Gasteiger partial charge in [0.15, 0.2) is 0 Å². The normalized spacial score (nSPS) is 11.7. The van der Waals surface area contributed by atoms with E-state index in [1.54, 1.807) is 0 Å². The Labute approximate surface area is 78.2 Å². The summed E-state index contributed by atoms with van der Waals surface area (Å²) in [6.45, 7) is 8.10. The number of aromatic nitrogens is 2. The van der Waals surface area contributed by atoms with Crippen LogP contribution in [0.15, 0.2) is 10.9 Å². The Balaban J connectivity index is 3.28. The zero-order chi connectivity index (χ0) is 10.1. The van der Waals surface area contributed by atoms with Gasteiger partial charge in [-0.25, -0.2) is 5.10 Å². The monoisotopic (exact) mass is 180 g/mol. The lowest BCUT2D eigenvalue weighted by Crippen LogP contribution is -2.25. The zero-order valence-corrected chi connectivity index (χ0v) is 8.64. The molecule has 1 N–H and O–H groups in total. The summed E-state index contributed by atoms with van der Waals surface area (Å²) in [5, 5.41) is 6.45. The van der Waals surface area contributed by atoms with Crippen LogP contribution in [-0.2, 0) is 11.8 Å². The molecule has 0 bridgehead atoms. The van der Waals surface area contributed by atoms with Crippen molar-refractivity contribution < 1.29 is 0 Å². The van der Waals surface area contributed by atoms with Crippen LogP contribution >= 0.6 is 0 Å². The quantitative estimate of drug-likeness (QED) is 0.714. The average Bonchev–Trinajstić information content (AvgIpc) is 2.03. The Morgan fingerprint density at radius 2 is 2.08 bits per heavy atom. The summed E-state index contributed by atoms with van der Waals surface area (Å²) < 4.78 is 0. The van der Waals surface area contributed by atoms with Gasteiger partial charge in [0.05, 0.1) is 5.69 Å². The van der Waals surface area contributed by atoms with Crippen LogP contribution in [0.4, 0.5) is 0 Å². The van der Waals surface area contributed by atoms with E-state index in [-0.39, 0.29) is 11.0 Å². The molecule has 1 rings (SSSR count). The number of nitrogens with one attached hydrogen (secondary N) is 1. The smallest absolute Gasteiger partial charge is 0.267 e. The van der Waals surface area contributed by atoms with Gasteiger partial charge in [0.2, 0.25) is 0 Å². The van der Waals surface area contributed by atoms with Crippen molar-refractivity contribution in [1.29, 1.82) is 0 Å². The van der Waals surface area contributed by atoms with E-state index in [9.17, 15) is 4.79 Å². The van der Waals surface area contributed by atoms with Crippen LogP contribution in [-0.4, -0.2) is 10.2 Å². The number of hydrogen-bond donors (Lipinski definition) is 1. The minimum absolute atomic E-state index is 0.0790. The van der Waals surface area contributed by atoms with Gasteiger partial charge in [0, 0.05) is 5.56 Å². The van der Waals surface area contributed by atoms with E-state index in [4.69, 9.17) is 0 Å². The molecule has 3 heteroatoms. The third-order valence-electron chi connectivity index (χ3n) is 2.03. The highest BCUT2D eigenvalue weighted by atomic mass is 16.1. The second kappa shape index (κ2) is 3.32. The number of nitrogens with zero attached hydrogens (tertiary/aromatic N) is 1. The molecule has 1 aromatic heterocycles. The summed E-state index contributed by atoms with van der Waals surface area (Å²) in [6.07, 6.45) is 0.847. The standard InChI is InChI=1S/C10H16N2O/c1-5-7-6-8(10(2,3)4)9(13)12-11-7/h6H,5H2,1-4H3,(H,12,13). The minimum Gasteiger partial charge on any atom is -0.268 e. The zero-order valence-electron chi connectivity index (χ0n) is 8.64. The van der Waals surface area contributed by atoms with Crippen LogP contribution in [0, 0.1) is 0 Å². The molecule has 0 unspecified atom stereocenters. The average molecular weight is 180 g/mol. The third-order valence-corrected chi connectivity index (χ3v) is 2.03. The van der Waals surface area contributed by atoms with Crippen molar-refractivity contribution in [3.63, 3.8) is 0 Å². The van der Waals surface area contributed by atoms with Gasteiger partial charge in [0.25, 0.3) is 5.56 Å².